The first-order valence-electron chi connectivity index (χ1n) is 6.85. The van der Waals surface area contributed by atoms with Gasteiger partial charge >= 0.3 is 5.69 Å². The summed E-state index contributed by atoms with van der Waals surface area (Å²) in [6.45, 7) is 4.11. The molecule has 0 aromatic carbocycles. The summed E-state index contributed by atoms with van der Waals surface area (Å²) in [5.41, 5.74) is 0.377. The molecule has 1 fully saturated rings. The maximum atomic E-state index is 11.5. The van der Waals surface area contributed by atoms with E-state index in [2.05, 4.69) is 27.4 Å². The zero-order chi connectivity index (χ0) is 13.4. The Kier molecular flexibility index (Phi) is 3.00. The van der Waals surface area contributed by atoms with Crippen LogP contribution in [0, 0.1) is 12.8 Å². The van der Waals surface area contributed by atoms with E-state index in [4.69, 9.17) is 0 Å². The Morgan fingerprint density at radius 1 is 1.47 bits per heavy atom. The molecular weight excluding hydrogens is 242 g/mol. The third-order valence-electron chi connectivity index (χ3n) is 3.86. The minimum atomic E-state index is -0.238. The van der Waals surface area contributed by atoms with Crippen LogP contribution in [0.1, 0.15) is 38.4 Å². The van der Waals surface area contributed by atoms with Crippen molar-refractivity contribution in [2.24, 2.45) is 5.92 Å². The van der Waals surface area contributed by atoms with Gasteiger partial charge in [0.2, 0.25) is 0 Å². The average molecular weight is 261 g/mol. The monoisotopic (exact) mass is 261 g/mol. The van der Waals surface area contributed by atoms with Gasteiger partial charge in [0.15, 0.2) is 5.65 Å². The predicted octanol–water partition coefficient (Wildman–Crippen LogP) is 1.72. The van der Waals surface area contributed by atoms with E-state index in [1.165, 1.54) is 30.1 Å². The number of nitrogens with one attached hydrogen (secondary N) is 2. The number of aromatic nitrogens is 4. The largest absolute Gasteiger partial charge is 0.367 e. The van der Waals surface area contributed by atoms with Gasteiger partial charge in [-0.05, 0) is 25.7 Å². The lowest BCUT2D eigenvalue weighted by Crippen LogP contribution is -2.27. The number of aromatic amines is 1. The Morgan fingerprint density at radius 2 is 2.32 bits per heavy atom. The van der Waals surface area contributed by atoms with Crippen LogP contribution < -0.4 is 11.0 Å². The van der Waals surface area contributed by atoms with Crippen LogP contribution in [0.3, 0.4) is 0 Å². The number of hydrogen-bond donors (Lipinski definition) is 2. The Hall–Kier alpha value is -1.85. The normalized spacial score (nSPS) is 23.7. The van der Waals surface area contributed by atoms with Crippen LogP contribution in [0.5, 0.6) is 0 Å². The van der Waals surface area contributed by atoms with Crippen LogP contribution in [0.4, 0.5) is 5.82 Å². The lowest BCUT2D eigenvalue weighted by molar-refractivity contribution is 0.358. The molecule has 0 bridgehead atoms. The van der Waals surface area contributed by atoms with Gasteiger partial charge in [-0.3, -0.25) is 0 Å². The maximum Gasteiger partial charge on any atom is 0.349 e. The smallest absolute Gasteiger partial charge is 0.349 e. The number of fused-ring (bicyclic) bond motifs is 1. The van der Waals surface area contributed by atoms with E-state index in [1.807, 2.05) is 13.0 Å². The molecule has 0 amide bonds. The molecule has 0 radical (unpaired) electrons. The Bertz CT molecular complexity index is 644. The molecule has 0 spiro atoms. The third kappa shape index (κ3) is 2.34. The molecule has 6 nitrogen and oxygen atoms in total. The molecule has 0 aliphatic heterocycles. The van der Waals surface area contributed by atoms with E-state index in [1.54, 1.807) is 0 Å². The number of hydrogen-bond acceptors (Lipinski definition) is 4. The second-order valence-corrected chi connectivity index (χ2v) is 5.52. The molecule has 0 saturated heterocycles. The van der Waals surface area contributed by atoms with Crippen LogP contribution in [0.15, 0.2) is 10.9 Å². The van der Waals surface area contributed by atoms with E-state index >= 15 is 0 Å². The number of anilines is 1. The molecule has 2 N–H and O–H groups in total. The first kappa shape index (κ1) is 12.2. The van der Waals surface area contributed by atoms with Gasteiger partial charge in [0.05, 0.1) is 0 Å². The molecule has 2 aromatic rings. The predicted molar refractivity (Wildman–Crippen MR) is 73.4 cm³/mol. The molecule has 1 aliphatic rings. The lowest BCUT2D eigenvalue weighted by atomic mass is 9.87. The maximum absolute atomic E-state index is 11.5. The van der Waals surface area contributed by atoms with Crippen LogP contribution in [0.2, 0.25) is 0 Å². The van der Waals surface area contributed by atoms with Crippen molar-refractivity contribution in [3.05, 3.63) is 22.4 Å². The molecule has 2 atom stereocenters. The quantitative estimate of drug-likeness (QED) is 0.863. The van der Waals surface area contributed by atoms with Crippen LogP contribution in [-0.4, -0.2) is 25.6 Å². The Morgan fingerprint density at radius 3 is 3.11 bits per heavy atom. The van der Waals surface area contributed by atoms with Crippen LogP contribution in [-0.2, 0) is 0 Å². The molecule has 1 aliphatic carbocycles. The second kappa shape index (κ2) is 4.68. The van der Waals surface area contributed by atoms with Crippen molar-refractivity contribution in [1.82, 2.24) is 19.6 Å². The van der Waals surface area contributed by atoms with Gasteiger partial charge in [-0.25, -0.2) is 19.3 Å². The molecule has 2 heterocycles. The summed E-state index contributed by atoms with van der Waals surface area (Å²) in [5, 5.41) is 9.91. The second-order valence-electron chi connectivity index (χ2n) is 5.52. The third-order valence-corrected chi connectivity index (χ3v) is 3.86. The van der Waals surface area contributed by atoms with Crippen molar-refractivity contribution in [3.63, 3.8) is 0 Å². The van der Waals surface area contributed by atoms with Gasteiger partial charge < -0.3 is 5.32 Å². The van der Waals surface area contributed by atoms with Crippen LogP contribution >= 0.6 is 0 Å². The number of H-pyrrole nitrogens is 1. The lowest BCUT2D eigenvalue weighted by Gasteiger charge is -2.27. The van der Waals surface area contributed by atoms with E-state index < -0.39 is 0 Å². The summed E-state index contributed by atoms with van der Waals surface area (Å²) < 4.78 is 1.48. The molecule has 2 aromatic heterocycles. The SMILES string of the molecule is Cc1nc(NC2CCCC(C)C2)cc2n[nH]c(=O)n12. The molecule has 2 unspecified atom stereocenters. The highest BCUT2D eigenvalue weighted by Gasteiger charge is 2.19. The highest BCUT2D eigenvalue weighted by molar-refractivity contribution is 5.50. The topological polar surface area (TPSA) is 75.1 Å². The highest BCUT2D eigenvalue weighted by atomic mass is 16.1. The van der Waals surface area contributed by atoms with E-state index in [9.17, 15) is 4.79 Å². The zero-order valence-corrected chi connectivity index (χ0v) is 11.3. The summed E-state index contributed by atoms with van der Waals surface area (Å²) in [6, 6.07) is 2.30. The van der Waals surface area contributed by atoms with Crippen molar-refractivity contribution in [1.29, 1.82) is 0 Å². The molecule has 3 rings (SSSR count). The molecule has 1 saturated carbocycles. The molecule has 102 valence electrons. The minimum Gasteiger partial charge on any atom is -0.367 e. The molecule has 6 heteroatoms. The first-order chi connectivity index (χ1) is 9.13. The fraction of sp³-hybridized carbons (Fsp3) is 0.615. The van der Waals surface area contributed by atoms with Gasteiger partial charge in [0.25, 0.3) is 0 Å². The summed E-state index contributed by atoms with van der Waals surface area (Å²) in [5.74, 6) is 2.23. The number of rotatable bonds is 2. The fourth-order valence-electron chi connectivity index (χ4n) is 2.95. The van der Waals surface area contributed by atoms with Gasteiger partial charge in [-0.1, -0.05) is 19.8 Å². The summed E-state index contributed by atoms with van der Waals surface area (Å²) >= 11 is 0. The van der Waals surface area contributed by atoms with Crippen molar-refractivity contribution >= 4 is 11.5 Å². The van der Waals surface area contributed by atoms with E-state index in [0.717, 1.165) is 11.7 Å². The molecular formula is C13H19N5O. The van der Waals surface area contributed by atoms with E-state index in [-0.39, 0.29) is 5.69 Å². The highest BCUT2D eigenvalue weighted by Crippen LogP contribution is 2.25. The van der Waals surface area contributed by atoms with Crippen molar-refractivity contribution in [2.45, 2.75) is 45.6 Å². The van der Waals surface area contributed by atoms with Crippen molar-refractivity contribution in [3.8, 4) is 0 Å². The Balaban J connectivity index is 1.87. The van der Waals surface area contributed by atoms with E-state index in [0.29, 0.717) is 17.5 Å². The first-order valence-corrected chi connectivity index (χ1v) is 6.85. The minimum absolute atomic E-state index is 0.238. The van der Waals surface area contributed by atoms with Gasteiger partial charge in [0, 0.05) is 12.1 Å². The standard InChI is InChI=1S/C13H19N5O/c1-8-4-3-5-10(6-8)15-11-7-12-16-17-13(19)18(12)9(2)14-11/h7-8,10,15H,3-6H2,1-2H3,(H,17,19). The number of aryl methyl sites for hydroxylation is 1. The average Bonchev–Trinajstić information content (AvgIpc) is 2.71. The van der Waals surface area contributed by atoms with Gasteiger partial charge in [-0.15, -0.1) is 0 Å². The summed E-state index contributed by atoms with van der Waals surface area (Å²) in [6.07, 6.45) is 4.95. The zero-order valence-electron chi connectivity index (χ0n) is 11.3. The Labute approximate surface area is 111 Å². The summed E-state index contributed by atoms with van der Waals surface area (Å²) in [7, 11) is 0. The fourth-order valence-corrected chi connectivity index (χ4v) is 2.95. The van der Waals surface area contributed by atoms with Crippen molar-refractivity contribution in [2.75, 3.05) is 5.32 Å². The van der Waals surface area contributed by atoms with Crippen molar-refractivity contribution < 1.29 is 0 Å². The molecule has 19 heavy (non-hydrogen) atoms. The number of nitrogens with zero attached hydrogens (tertiary/aromatic N) is 3. The van der Waals surface area contributed by atoms with Gasteiger partial charge in [0.1, 0.15) is 11.6 Å². The summed E-state index contributed by atoms with van der Waals surface area (Å²) in [4.78, 5) is 16.0. The van der Waals surface area contributed by atoms with Crippen LogP contribution in [0.25, 0.3) is 5.65 Å². The van der Waals surface area contributed by atoms with Gasteiger partial charge in [-0.2, -0.15) is 5.10 Å².